The molecule has 1 heterocycles. The van der Waals surface area contributed by atoms with E-state index in [1.807, 2.05) is 11.8 Å². The van der Waals surface area contributed by atoms with Crippen LogP contribution in [-0.4, -0.2) is 23.0 Å². The molecule has 2 N–H and O–H groups in total. The molecule has 3 atom stereocenters. The van der Waals surface area contributed by atoms with Crippen molar-refractivity contribution in [1.29, 1.82) is 0 Å². The topological polar surface area (TPSA) is 32.3 Å². The van der Waals surface area contributed by atoms with Gasteiger partial charge in [0.1, 0.15) is 0 Å². The van der Waals surface area contributed by atoms with Crippen LogP contribution in [0.1, 0.15) is 44.2 Å². The second-order valence-electron chi connectivity index (χ2n) is 6.21. The Morgan fingerprint density at radius 1 is 1.42 bits per heavy atom. The number of thioether (sulfide) groups is 1. The maximum absolute atomic E-state index is 10.7. The Hall–Kier alpha value is -0.510. The quantitative estimate of drug-likeness (QED) is 0.888. The molecule has 0 saturated heterocycles. The van der Waals surface area contributed by atoms with Gasteiger partial charge in [-0.15, -0.1) is 11.8 Å². The van der Waals surface area contributed by atoms with Gasteiger partial charge < -0.3 is 10.4 Å². The van der Waals surface area contributed by atoms with Crippen LogP contribution in [0.15, 0.2) is 29.2 Å². The van der Waals surface area contributed by atoms with Crippen molar-refractivity contribution < 1.29 is 5.11 Å². The zero-order chi connectivity index (χ0) is 13.3. The van der Waals surface area contributed by atoms with Crippen LogP contribution in [0.3, 0.4) is 0 Å². The first kappa shape index (κ1) is 13.5. The summed E-state index contributed by atoms with van der Waals surface area (Å²) in [7, 11) is 0. The molecule has 3 rings (SSSR count). The van der Waals surface area contributed by atoms with E-state index in [0.717, 1.165) is 31.6 Å². The summed E-state index contributed by atoms with van der Waals surface area (Å²) in [6.45, 7) is 2.99. The lowest BCUT2D eigenvalue weighted by atomic mass is 9.79. The molecule has 1 aliphatic heterocycles. The monoisotopic (exact) mass is 277 g/mol. The highest BCUT2D eigenvalue weighted by molar-refractivity contribution is 7.99. The molecule has 1 fully saturated rings. The van der Waals surface area contributed by atoms with E-state index >= 15 is 0 Å². The summed E-state index contributed by atoms with van der Waals surface area (Å²) in [6.07, 6.45) is 4.33. The summed E-state index contributed by atoms with van der Waals surface area (Å²) in [6, 6.07) is 9.02. The minimum atomic E-state index is -0.486. The molecule has 0 aromatic heterocycles. The summed E-state index contributed by atoms with van der Waals surface area (Å²) in [5.74, 6) is 1.75. The van der Waals surface area contributed by atoms with Crippen LogP contribution in [-0.2, 0) is 0 Å². The predicted octanol–water partition coefficient (Wildman–Crippen LogP) is 3.36. The van der Waals surface area contributed by atoms with Gasteiger partial charge in [0.2, 0.25) is 0 Å². The number of hydrogen-bond donors (Lipinski definition) is 2. The number of aliphatic hydroxyl groups is 1. The summed E-state index contributed by atoms with van der Waals surface area (Å²) < 4.78 is 0. The lowest BCUT2D eigenvalue weighted by Crippen LogP contribution is -2.45. The minimum absolute atomic E-state index is 0.405. The molecule has 19 heavy (non-hydrogen) atoms. The van der Waals surface area contributed by atoms with Gasteiger partial charge in [-0.25, -0.2) is 0 Å². The summed E-state index contributed by atoms with van der Waals surface area (Å²) >= 11 is 1.92. The fourth-order valence-corrected chi connectivity index (χ4v) is 4.63. The molecule has 3 heteroatoms. The smallest absolute Gasteiger partial charge is 0.0774 e. The fraction of sp³-hybridized carbons (Fsp3) is 0.625. The molecular formula is C16H23NOS. The van der Waals surface area contributed by atoms with Gasteiger partial charge in [-0.2, -0.15) is 0 Å². The van der Waals surface area contributed by atoms with E-state index in [-0.39, 0.29) is 0 Å². The fourth-order valence-electron chi connectivity index (χ4n) is 3.44. The first-order chi connectivity index (χ1) is 9.16. The maximum atomic E-state index is 10.7. The summed E-state index contributed by atoms with van der Waals surface area (Å²) in [5.41, 5.74) is 0.916. The third kappa shape index (κ3) is 2.99. The third-order valence-electron chi connectivity index (χ3n) is 4.44. The van der Waals surface area contributed by atoms with Crippen LogP contribution in [0.4, 0.5) is 0 Å². The van der Waals surface area contributed by atoms with Gasteiger partial charge in [0.05, 0.1) is 5.60 Å². The highest BCUT2D eigenvalue weighted by Gasteiger charge is 2.33. The Morgan fingerprint density at radius 2 is 2.26 bits per heavy atom. The van der Waals surface area contributed by atoms with Crippen LogP contribution < -0.4 is 5.32 Å². The van der Waals surface area contributed by atoms with E-state index in [4.69, 9.17) is 0 Å². The van der Waals surface area contributed by atoms with Gasteiger partial charge in [0, 0.05) is 23.2 Å². The SMILES string of the molecule is CC1CCCC(O)(CNC2CSc3ccccc32)C1. The molecule has 2 aliphatic rings. The van der Waals surface area contributed by atoms with E-state index < -0.39 is 5.60 Å². The normalized spacial score (nSPS) is 34.2. The molecule has 1 aromatic carbocycles. The molecule has 0 bridgehead atoms. The van der Waals surface area contributed by atoms with Crippen molar-refractivity contribution >= 4 is 11.8 Å². The van der Waals surface area contributed by atoms with Crippen molar-refractivity contribution in [2.45, 2.75) is 49.1 Å². The summed E-state index contributed by atoms with van der Waals surface area (Å²) in [5, 5.41) is 14.3. The Labute approximate surface area is 120 Å². The highest BCUT2D eigenvalue weighted by atomic mass is 32.2. The average molecular weight is 277 g/mol. The molecule has 104 valence electrons. The first-order valence-corrected chi connectivity index (χ1v) is 8.32. The van der Waals surface area contributed by atoms with Gasteiger partial charge in [-0.05, 0) is 30.4 Å². The van der Waals surface area contributed by atoms with Crippen molar-refractivity contribution in [1.82, 2.24) is 5.32 Å². The van der Waals surface area contributed by atoms with Gasteiger partial charge in [0.25, 0.3) is 0 Å². The molecule has 2 nitrogen and oxygen atoms in total. The molecular weight excluding hydrogens is 254 g/mol. The maximum Gasteiger partial charge on any atom is 0.0774 e. The Kier molecular flexibility index (Phi) is 3.88. The van der Waals surface area contributed by atoms with Crippen molar-refractivity contribution in [2.75, 3.05) is 12.3 Å². The molecule has 1 aromatic rings. The van der Waals surface area contributed by atoms with E-state index in [0.29, 0.717) is 12.0 Å². The molecule has 0 spiro atoms. The van der Waals surface area contributed by atoms with E-state index in [2.05, 4.69) is 36.5 Å². The lowest BCUT2D eigenvalue weighted by Gasteiger charge is -2.36. The van der Waals surface area contributed by atoms with Crippen molar-refractivity contribution in [2.24, 2.45) is 5.92 Å². The molecule has 0 radical (unpaired) electrons. The molecule has 1 saturated carbocycles. The molecule has 0 amide bonds. The summed E-state index contributed by atoms with van der Waals surface area (Å²) in [4.78, 5) is 1.39. The van der Waals surface area contributed by atoms with Crippen LogP contribution in [0.2, 0.25) is 0 Å². The second-order valence-corrected chi connectivity index (χ2v) is 7.27. The van der Waals surface area contributed by atoms with Crippen LogP contribution in [0.25, 0.3) is 0 Å². The minimum Gasteiger partial charge on any atom is -0.389 e. The van der Waals surface area contributed by atoms with Crippen molar-refractivity contribution in [3.63, 3.8) is 0 Å². The van der Waals surface area contributed by atoms with Gasteiger partial charge >= 0.3 is 0 Å². The second kappa shape index (κ2) is 5.47. The molecule has 3 unspecified atom stereocenters. The number of nitrogens with one attached hydrogen (secondary N) is 1. The Morgan fingerprint density at radius 3 is 3.11 bits per heavy atom. The van der Waals surface area contributed by atoms with Crippen LogP contribution >= 0.6 is 11.8 Å². The Balaban J connectivity index is 1.61. The number of hydrogen-bond acceptors (Lipinski definition) is 3. The molecule has 1 aliphatic carbocycles. The van der Waals surface area contributed by atoms with Gasteiger partial charge in [-0.3, -0.25) is 0 Å². The van der Waals surface area contributed by atoms with Crippen LogP contribution in [0, 0.1) is 5.92 Å². The zero-order valence-electron chi connectivity index (χ0n) is 11.6. The number of benzene rings is 1. The van der Waals surface area contributed by atoms with E-state index in [1.54, 1.807) is 0 Å². The lowest BCUT2D eigenvalue weighted by molar-refractivity contribution is -0.0133. The highest BCUT2D eigenvalue weighted by Crippen LogP contribution is 2.38. The predicted molar refractivity (Wildman–Crippen MR) is 80.5 cm³/mol. The average Bonchev–Trinajstić information content (AvgIpc) is 2.79. The zero-order valence-corrected chi connectivity index (χ0v) is 12.4. The van der Waals surface area contributed by atoms with Gasteiger partial charge in [0.15, 0.2) is 0 Å². The Bertz CT molecular complexity index is 450. The largest absolute Gasteiger partial charge is 0.389 e. The first-order valence-electron chi connectivity index (χ1n) is 7.34. The number of fused-ring (bicyclic) bond motifs is 1. The number of rotatable bonds is 3. The standard InChI is InChI=1S/C16H23NOS/c1-12-5-4-8-16(18,9-12)11-17-14-10-19-15-7-3-2-6-13(14)15/h2-3,6-7,12,14,17-18H,4-5,8-11H2,1H3. The third-order valence-corrected chi connectivity index (χ3v) is 5.63. The van der Waals surface area contributed by atoms with Crippen molar-refractivity contribution in [3.05, 3.63) is 29.8 Å². The van der Waals surface area contributed by atoms with Crippen molar-refractivity contribution in [3.8, 4) is 0 Å². The van der Waals surface area contributed by atoms with E-state index in [9.17, 15) is 5.11 Å². The van der Waals surface area contributed by atoms with Crippen LogP contribution in [0.5, 0.6) is 0 Å². The van der Waals surface area contributed by atoms with E-state index in [1.165, 1.54) is 16.9 Å². The van der Waals surface area contributed by atoms with Gasteiger partial charge in [-0.1, -0.05) is 38.0 Å².